The zero-order valence-corrected chi connectivity index (χ0v) is 13.9. The van der Waals surface area contributed by atoms with Gasteiger partial charge in [0, 0.05) is 31.6 Å². The second kappa shape index (κ2) is 7.32. The van der Waals surface area contributed by atoms with Crippen molar-refractivity contribution in [3.8, 4) is 5.75 Å². The topological polar surface area (TPSA) is 62.4 Å². The average Bonchev–Trinajstić information content (AvgIpc) is 3.11. The number of amides is 1. The minimum Gasteiger partial charge on any atom is -0.497 e. The Morgan fingerprint density at radius 3 is 2.61 bits per heavy atom. The standard InChI is InChI=1S/C18H27N3O2/c1-23-15-6-4-14(5-7-15)18(8-2-3-9-18)13-21-17(22)16-12-19-10-11-20-16/h4-7,16,19-20H,2-3,8-13H2,1H3,(H,21,22). The molecule has 1 aliphatic heterocycles. The minimum absolute atomic E-state index is 0.0734. The normalized spacial score (nSPS) is 23.4. The lowest BCUT2D eigenvalue weighted by atomic mass is 9.78. The van der Waals surface area contributed by atoms with Crippen LogP contribution in [0.1, 0.15) is 31.2 Å². The monoisotopic (exact) mass is 317 g/mol. The van der Waals surface area contributed by atoms with Gasteiger partial charge in [-0.1, -0.05) is 25.0 Å². The fraction of sp³-hybridized carbons (Fsp3) is 0.611. The number of piperazine rings is 1. The van der Waals surface area contributed by atoms with Gasteiger partial charge < -0.3 is 20.7 Å². The predicted octanol–water partition coefficient (Wildman–Crippen LogP) is 1.18. The van der Waals surface area contributed by atoms with Crippen LogP contribution in [-0.4, -0.2) is 45.2 Å². The maximum atomic E-state index is 12.4. The number of ether oxygens (including phenoxy) is 1. The fourth-order valence-corrected chi connectivity index (χ4v) is 3.78. The summed E-state index contributed by atoms with van der Waals surface area (Å²) in [6, 6.07) is 8.22. The molecule has 1 saturated heterocycles. The molecule has 2 fully saturated rings. The van der Waals surface area contributed by atoms with Gasteiger partial charge >= 0.3 is 0 Å². The van der Waals surface area contributed by atoms with Gasteiger partial charge in [0.25, 0.3) is 0 Å². The van der Waals surface area contributed by atoms with Crippen molar-refractivity contribution in [2.75, 3.05) is 33.3 Å². The van der Waals surface area contributed by atoms with E-state index in [1.807, 2.05) is 12.1 Å². The number of rotatable bonds is 5. The van der Waals surface area contributed by atoms with Gasteiger partial charge in [-0.2, -0.15) is 0 Å². The quantitative estimate of drug-likeness (QED) is 0.763. The number of nitrogens with one attached hydrogen (secondary N) is 3. The van der Waals surface area contributed by atoms with Crippen molar-refractivity contribution in [3.05, 3.63) is 29.8 Å². The lowest BCUT2D eigenvalue weighted by Crippen LogP contribution is -2.56. The first kappa shape index (κ1) is 16.3. The van der Waals surface area contributed by atoms with E-state index in [1.165, 1.54) is 18.4 Å². The molecule has 0 bridgehead atoms. The molecule has 1 atom stereocenters. The first-order valence-corrected chi connectivity index (χ1v) is 8.60. The minimum atomic E-state index is -0.113. The molecule has 5 nitrogen and oxygen atoms in total. The number of carbonyl (C=O) groups excluding carboxylic acids is 1. The maximum Gasteiger partial charge on any atom is 0.238 e. The van der Waals surface area contributed by atoms with E-state index in [1.54, 1.807) is 7.11 Å². The second-order valence-corrected chi connectivity index (χ2v) is 6.64. The Morgan fingerprint density at radius 2 is 2.00 bits per heavy atom. The Morgan fingerprint density at radius 1 is 1.26 bits per heavy atom. The summed E-state index contributed by atoms with van der Waals surface area (Å²) in [6.07, 6.45) is 4.72. The van der Waals surface area contributed by atoms with E-state index < -0.39 is 0 Å². The van der Waals surface area contributed by atoms with Gasteiger partial charge in [0.15, 0.2) is 0 Å². The van der Waals surface area contributed by atoms with Crippen LogP contribution >= 0.6 is 0 Å². The molecule has 1 amide bonds. The molecule has 1 unspecified atom stereocenters. The summed E-state index contributed by atoms with van der Waals surface area (Å²) in [7, 11) is 1.69. The van der Waals surface area contributed by atoms with E-state index >= 15 is 0 Å². The molecule has 1 heterocycles. The summed E-state index contributed by atoms with van der Waals surface area (Å²) in [4.78, 5) is 12.4. The Kier molecular flexibility index (Phi) is 5.18. The van der Waals surface area contributed by atoms with Crippen molar-refractivity contribution < 1.29 is 9.53 Å². The summed E-state index contributed by atoms with van der Waals surface area (Å²) >= 11 is 0. The molecule has 0 spiro atoms. The molecule has 1 aromatic rings. The van der Waals surface area contributed by atoms with Crippen molar-refractivity contribution in [2.45, 2.75) is 37.1 Å². The third-order valence-corrected chi connectivity index (χ3v) is 5.22. The Bertz CT molecular complexity index is 518. The van der Waals surface area contributed by atoms with Crippen LogP contribution in [0.4, 0.5) is 0 Å². The van der Waals surface area contributed by atoms with Crippen LogP contribution < -0.4 is 20.7 Å². The average molecular weight is 317 g/mol. The largest absolute Gasteiger partial charge is 0.497 e. The molecular formula is C18H27N3O2. The summed E-state index contributed by atoms with van der Waals surface area (Å²) < 4.78 is 5.26. The first-order valence-electron chi connectivity index (χ1n) is 8.60. The van der Waals surface area contributed by atoms with Crippen LogP contribution in [0, 0.1) is 0 Å². The summed E-state index contributed by atoms with van der Waals surface area (Å²) in [5.74, 6) is 0.986. The lowest BCUT2D eigenvalue weighted by molar-refractivity contribution is -0.123. The van der Waals surface area contributed by atoms with Gasteiger partial charge in [-0.05, 0) is 30.5 Å². The van der Waals surface area contributed by atoms with E-state index in [0.29, 0.717) is 6.54 Å². The van der Waals surface area contributed by atoms with Gasteiger partial charge in [-0.15, -0.1) is 0 Å². The molecule has 0 aromatic heterocycles. The number of benzene rings is 1. The van der Waals surface area contributed by atoms with Crippen molar-refractivity contribution in [2.24, 2.45) is 0 Å². The highest BCUT2D eigenvalue weighted by molar-refractivity contribution is 5.82. The van der Waals surface area contributed by atoms with Crippen molar-refractivity contribution in [1.29, 1.82) is 0 Å². The highest BCUT2D eigenvalue weighted by Gasteiger charge is 2.36. The van der Waals surface area contributed by atoms with Gasteiger partial charge in [0.2, 0.25) is 5.91 Å². The summed E-state index contributed by atoms with van der Waals surface area (Å²) in [6.45, 7) is 3.21. The van der Waals surface area contributed by atoms with Crippen molar-refractivity contribution >= 4 is 5.91 Å². The van der Waals surface area contributed by atoms with E-state index in [0.717, 1.165) is 38.2 Å². The highest BCUT2D eigenvalue weighted by Crippen LogP contribution is 2.41. The van der Waals surface area contributed by atoms with Crippen molar-refractivity contribution in [3.63, 3.8) is 0 Å². The van der Waals surface area contributed by atoms with E-state index in [9.17, 15) is 4.79 Å². The van der Waals surface area contributed by atoms with Crippen LogP contribution in [-0.2, 0) is 10.2 Å². The number of carbonyl (C=O) groups is 1. The molecule has 3 N–H and O–H groups in total. The molecule has 2 aliphatic rings. The maximum absolute atomic E-state index is 12.4. The smallest absolute Gasteiger partial charge is 0.238 e. The summed E-state index contributed by atoms with van der Waals surface area (Å²) in [5, 5.41) is 9.72. The zero-order valence-electron chi connectivity index (χ0n) is 13.9. The fourth-order valence-electron chi connectivity index (χ4n) is 3.78. The molecule has 5 heteroatoms. The molecule has 0 radical (unpaired) electrons. The van der Waals surface area contributed by atoms with Crippen LogP contribution in [0.25, 0.3) is 0 Å². The molecule has 1 aromatic carbocycles. The highest BCUT2D eigenvalue weighted by atomic mass is 16.5. The number of methoxy groups -OCH3 is 1. The van der Waals surface area contributed by atoms with E-state index in [4.69, 9.17) is 4.74 Å². The van der Waals surface area contributed by atoms with Crippen LogP contribution in [0.3, 0.4) is 0 Å². The van der Waals surface area contributed by atoms with Gasteiger partial charge in [-0.25, -0.2) is 0 Å². The Balaban J connectivity index is 1.66. The van der Waals surface area contributed by atoms with E-state index in [2.05, 4.69) is 28.1 Å². The van der Waals surface area contributed by atoms with Crippen LogP contribution in [0.15, 0.2) is 24.3 Å². The number of hydrogen-bond acceptors (Lipinski definition) is 4. The molecule has 126 valence electrons. The third kappa shape index (κ3) is 3.67. The molecular weight excluding hydrogens is 290 g/mol. The van der Waals surface area contributed by atoms with Gasteiger partial charge in [0.1, 0.15) is 5.75 Å². The first-order chi connectivity index (χ1) is 11.2. The molecule has 23 heavy (non-hydrogen) atoms. The van der Waals surface area contributed by atoms with Crippen molar-refractivity contribution in [1.82, 2.24) is 16.0 Å². The zero-order chi connectivity index (χ0) is 16.1. The SMILES string of the molecule is COc1ccc(C2(CNC(=O)C3CNCCN3)CCCC2)cc1. The van der Waals surface area contributed by atoms with Crippen LogP contribution in [0.5, 0.6) is 5.75 Å². The second-order valence-electron chi connectivity index (χ2n) is 6.64. The Hall–Kier alpha value is -1.59. The van der Waals surface area contributed by atoms with Gasteiger partial charge in [0.05, 0.1) is 13.2 Å². The Labute approximate surface area is 138 Å². The predicted molar refractivity (Wildman–Crippen MR) is 90.8 cm³/mol. The lowest BCUT2D eigenvalue weighted by Gasteiger charge is -2.32. The van der Waals surface area contributed by atoms with Gasteiger partial charge in [-0.3, -0.25) is 4.79 Å². The molecule has 1 aliphatic carbocycles. The van der Waals surface area contributed by atoms with Crippen LogP contribution in [0.2, 0.25) is 0 Å². The molecule has 3 rings (SSSR count). The summed E-state index contributed by atoms with van der Waals surface area (Å²) in [5.41, 5.74) is 1.38. The third-order valence-electron chi connectivity index (χ3n) is 5.22. The van der Waals surface area contributed by atoms with E-state index in [-0.39, 0.29) is 17.4 Å². The molecule has 1 saturated carbocycles. The number of hydrogen-bond donors (Lipinski definition) is 3.